The van der Waals surface area contributed by atoms with Crippen molar-refractivity contribution in [3.63, 3.8) is 0 Å². The second kappa shape index (κ2) is 12.7. The van der Waals surface area contributed by atoms with Crippen molar-refractivity contribution in [2.75, 3.05) is 25.0 Å². The predicted octanol–water partition coefficient (Wildman–Crippen LogP) is 4.21. The summed E-state index contributed by atoms with van der Waals surface area (Å²) in [4.78, 5) is 38.4. The van der Waals surface area contributed by atoms with Gasteiger partial charge in [-0.15, -0.1) is 0 Å². The lowest BCUT2D eigenvalue weighted by Gasteiger charge is -2.26. The highest BCUT2D eigenvalue weighted by Crippen LogP contribution is 2.28. The van der Waals surface area contributed by atoms with Crippen LogP contribution in [-0.4, -0.2) is 54.1 Å². The summed E-state index contributed by atoms with van der Waals surface area (Å²) in [5.41, 5.74) is -0.281. The van der Waals surface area contributed by atoms with E-state index in [1.807, 2.05) is 6.92 Å². The number of nitrogens with one attached hydrogen (secondary N) is 1. The van der Waals surface area contributed by atoms with E-state index in [1.165, 1.54) is 27.2 Å². The molecule has 12 heteroatoms. The fraction of sp³-hybridized carbons (Fsp3) is 0.407. The Morgan fingerprint density at radius 2 is 1.77 bits per heavy atom. The predicted molar refractivity (Wildman–Crippen MR) is 149 cm³/mol. The number of carbonyl (C=O) groups excluding carboxylic acids is 2. The van der Waals surface area contributed by atoms with E-state index in [2.05, 4.69) is 10.4 Å². The summed E-state index contributed by atoms with van der Waals surface area (Å²) < 4.78 is 33.9. The highest BCUT2D eigenvalue weighted by molar-refractivity contribution is 7.89. The lowest BCUT2D eigenvalue weighted by atomic mass is 10.1. The summed E-state index contributed by atoms with van der Waals surface area (Å²) in [7, 11) is -3.73. The first-order valence-corrected chi connectivity index (χ1v) is 14.8. The molecule has 1 aliphatic rings. The van der Waals surface area contributed by atoms with Gasteiger partial charge in [-0.05, 0) is 43.5 Å². The Bertz CT molecular complexity index is 1530. The Balaban J connectivity index is 1.48. The molecule has 0 radical (unpaired) electrons. The summed E-state index contributed by atoms with van der Waals surface area (Å²) in [6, 6.07) is 10.7. The van der Waals surface area contributed by atoms with E-state index < -0.39 is 28.5 Å². The van der Waals surface area contributed by atoms with Crippen LogP contribution in [0, 0.1) is 0 Å². The van der Waals surface area contributed by atoms with Crippen LogP contribution >= 0.6 is 11.6 Å². The Labute approximate surface area is 231 Å². The first kappa shape index (κ1) is 28.7. The van der Waals surface area contributed by atoms with Gasteiger partial charge in [-0.1, -0.05) is 56.0 Å². The molecular formula is C27H31ClN4O6S. The van der Waals surface area contributed by atoms with Gasteiger partial charge in [-0.25, -0.2) is 17.9 Å². The zero-order chi connectivity index (χ0) is 28.0. The normalized spacial score (nSPS) is 14.3. The minimum absolute atomic E-state index is 0.0158. The van der Waals surface area contributed by atoms with Gasteiger partial charge >= 0.3 is 5.97 Å². The third-order valence-corrected chi connectivity index (χ3v) is 8.76. The zero-order valence-electron chi connectivity index (χ0n) is 21.7. The van der Waals surface area contributed by atoms with Crippen LogP contribution in [-0.2, 0) is 26.1 Å². The van der Waals surface area contributed by atoms with Gasteiger partial charge < -0.3 is 10.1 Å². The van der Waals surface area contributed by atoms with E-state index in [0.29, 0.717) is 30.4 Å². The first-order chi connectivity index (χ1) is 18.7. The van der Waals surface area contributed by atoms with E-state index in [4.69, 9.17) is 16.3 Å². The number of piperidine rings is 1. The van der Waals surface area contributed by atoms with Gasteiger partial charge in [0.05, 0.1) is 21.0 Å². The molecule has 1 amide bonds. The molecular weight excluding hydrogens is 544 g/mol. The number of aromatic nitrogens is 2. The number of fused-ring (bicyclic) bond motifs is 1. The summed E-state index contributed by atoms with van der Waals surface area (Å²) >= 11 is 6.21. The first-order valence-electron chi connectivity index (χ1n) is 13.0. The number of nitrogens with zero attached hydrogens (tertiary/aromatic N) is 3. The molecule has 1 aromatic heterocycles. The molecule has 0 unspecified atom stereocenters. The van der Waals surface area contributed by atoms with Crippen molar-refractivity contribution in [2.24, 2.45) is 0 Å². The number of amides is 1. The number of carbonyl (C=O) groups is 2. The monoisotopic (exact) mass is 574 g/mol. The number of hydrogen-bond acceptors (Lipinski definition) is 7. The SMILES string of the molecule is CCCCCn1nc(C(=O)OCC(=O)Nc2cc(S(=O)(=O)N3CCCCC3)ccc2Cl)c2ccccc2c1=O. The average molecular weight is 575 g/mol. The number of rotatable bonds is 10. The molecule has 39 heavy (non-hydrogen) atoms. The molecule has 2 aromatic carbocycles. The van der Waals surface area contributed by atoms with Crippen LogP contribution in [0.1, 0.15) is 55.9 Å². The summed E-state index contributed by atoms with van der Waals surface area (Å²) in [6.45, 7) is 2.62. The molecule has 1 fully saturated rings. The second-order valence-corrected chi connectivity index (χ2v) is 11.7. The maximum Gasteiger partial charge on any atom is 0.359 e. The molecule has 0 aliphatic carbocycles. The van der Waals surface area contributed by atoms with Crippen LogP contribution in [0.4, 0.5) is 5.69 Å². The lowest BCUT2D eigenvalue weighted by molar-refractivity contribution is -0.119. The standard InChI is InChI=1S/C27H31ClN4O6S/c1-2-3-7-16-32-26(34)21-11-6-5-10-20(21)25(30-32)27(35)38-18-24(33)29-23-17-19(12-13-22(23)28)39(36,37)31-14-8-4-9-15-31/h5-6,10-13,17H,2-4,7-9,14-16,18H2,1H3,(H,29,33). The van der Waals surface area contributed by atoms with Crippen molar-refractivity contribution in [3.05, 3.63) is 63.5 Å². The van der Waals surface area contributed by atoms with E-state index in [9.17, 15) is 22.8 Å². The van der Waals surface area contributed by atoms with E-state index in [1.54, 1.807) is 24.3 Å². The van der Waals surface area contributed by atoms with E-state index in [-0.39, 0.29) is 26.9 Å². The molecule has 1 aliphatic heterocycles. The third kappa shape index (κ3) is 6.66. The number of anilines is 1. The smallest absolute Gasteiger partial charge is 0.359 e. The van der Waals surface area contributed by atoms with Crippen molar-refractivity contribution in [1.82, 2.24) is 14.1 Å². The number of ether oxygens (including phenoxy) is 1. The lowest BCUT2D eigenvalue weighted by Crippen LogP contribution is -2.35. The average Bonchev–Trinajstić information content (AvgIpc) is 2.94. The van der Waals surface area contributed by atoms with Gasteiger partial charge in [0.15, 0.2) is 12.3 Å². The van der Waals surface area contributed by atoms with Crippen molar-refractivity contribution >= 4 is 50.0 Å². The van der Waals surface area contributed by atoms with Crippen molar-refractivity contribution < 1.29 is 22.7 Å². The third-order valence-electron chi connectivity index (χ3n) is 6.53. The molecule has 0 bridgehead atoms. The number of unbranched alkanes of at least 4 members (excludes halogenated alkanes) is 2. The fourth-order valence-corrected chi connectivity index (χ4v) is 6.16. The molecule has 208 valence electrons. The number of hydrogen-bond donors (Lipinski definition) is 1. The van der Waals surface area contributed by atoms with Crippen LogP contribution in [0.2, 0.25) is 5.02 Å². The van der Waals surface area contributed by atoms with Gasteiger partial charge in [-0.3, -0.25) is 9.59 Å². The Hall–Kier alpha value is -3.28. The highest BCUT2D eigenvalue weighted by Gasteiger charge is 2.27. The van der Waals surface area contributed by atoms with E-state index in [0.717, 1.165) is 38.5 Å². The molecule has 0 spiro atoms. The Morgan fingerprint density at radius 3 is 2.49 bits per heavy atom. The van der Waals surface area contributed by atoms with E-state index >= 15 is 0 Å². The van der Waals surface area contributed by atoms with Crippen LogP contribution in [0.25, 0.3) is 10.8 Å². The fourth-order valence-electron chi connectivity index (χ4n) is 4.45. The molecule has 4 rings (SSSR count). The van der Waals surface area contributed by atoms with Gasteiger partial charge in [-0.2, -0.15) is 9.40 Å². The number of benzene rings is 2. The molecule has 2 heterocycles. The van der Waals surface area contributed by atoms with Gasteiger partial charge in [0, 0.05) is 25.0 Å². The number of sulfonamides is 1. The van der Waals surface area contributed by atoms with Crippen LogP contribution in [0.15, 0.2) is 52.2 Å². The molecule has 3 aromatic rings. The number of esters is 1. The maximum atomic E-state index is 13.0. The van der Waals surface area contributed by atoms with Crippen LogP contribution < -0.4 is 10.9 Å². The van der Waals surface area contributed by atoms with Crippen molar-refractivity contribution in [2.45, 2.75) is 56.9 Å². The Kier molecular flexibility index (Phi) is 9.36. The second-order valence-electron chi connectivity index (χ2n) is 9.36. The minimum atomic E-state index is -3.73. The van der Waals surface area contributed by atoms with Crippen LogP contribution in [0.3, 0.4) is 0 Å². The van der Waals surface area contributed by atoms with Gasteiger partial charge in [0.1, 0.15) is 0 Å². The molecule has 0 saturated carbocycles. The largest absolute Gasteiger partial charge is 0.451 e. The quantitative estimate of drug-likeness (QED) is 0.284. The summed E-state index contributed by atoms with van der Waals surface area (Å²) in [6.07, 6.45) is 5.17. The topological polar surface area (TPSA) is 128 Å². The summed E-state index contributed by atoms with van der Waals surface area (Å²) in [5, 5.41) is 7.56. The van der Waals surface area contributed by atoms with Gasteiger partial charge in [0.25, 0.3) is 11.5 Å². The van der Waals surface area contributed by atoms with Crippen molar-refractivity contribution in [1.29, 1.82) is 0 Å². The van der Waals surface area contributed by atoms with Crippen molar-refractivity contribution in [3.8, 4) is 0 Å². The maximum absolute atomic E-state index is 13.0. The molecule has 1 saturated heterocycles. The zero-order valence-corrected chi connectivity index (χ0v) is 23.3. The molecule has 1 N–H and O–H groups in total. The molecule has 0 atom stereocenters. The highest BCUT2D eigenvalue weighted by atomic mass is 35.5. The number of aryl methyl sites for hydroxylation is 1. The minimum Gasteiger partial charge on any atom is -0.451 e. The molecule has 10 nitrogen and oxygen atoms in total. The Morgan fingerprint density at radius 1 is 1.05 bits per heavy atom. The van der Waals surface area contributed by atoms with Gasteiger partial charge in [0.2, 0.25) is 10.0 Å². The summed E-state index contributed by atoms with van der Waals surface area (Å²) in [5.74, 6) is -1.57. The number of halogens is 1. The van der Waals surface area contributed by atoms with Crippen LogP contribution in [0.5, 0.6) is 0 Å².